The average Bonchev–Trinajstić information content (AvgIpc) is 2.46. The van der Waals surface area contributed by atoms with Gasteiger partial charge in [0.1, 0.15) is 0 Å². The highest BCUT2D eigenvalue weighted by Gasteiger charge is 2.08. The topological polar surface area (TPSA) is 12.0 Å². The Bertz CT molecular complexity index is 557. The Morgan fingerprint density at radius 3 is 2.25 bits per heavy atom. The van der Waals surface area contributed by atoms with Crippen molar-refractivity contribution in [3.05, 3.63) is 90.2 Å². The number of hydrogen-bond donors (Lipinski definition) is 1. The first-order chi connectivity index (χ1) is 9.63. The highest BCUT2D eigenvalue weighted by molar-refractivity contribution is 5.60. The van der Waals surface area contributed by atoms with Crippen molar-refractivity contribution in [2.24, 2.45) is 0 Å². The third-order valence-electron chi connectivity index (χ3n) is 2.91. The van der Waals surface area contributed by atoms with Gasteiger partial charge in [0.25, 0.3) is 0 Å². The van der Waals surface area contributed by atoms with E-state index >= 15 is 0 Å². The zero-order valence-corrected chi connectivity index (χ0v) is 12.6. The lowest BCUT2D eigenvalue weighted by Crippen LogP contribution is -2.05. The Hall–Kier alpha value is -2.28. The summed E-state index contributed by atoms with van der Waals surface area (Å²) in [6.45, 7) is 14.1. The second-order valence-corrected chi connectivity index (χ2v) is 4.51. The fourth-order valence-corrected chi connectivity index (χ4v) is 1.96. The fraction of sp³-hybridized carbons (Fsp3) is 0.158. The fourth-order valence-electron chi connectivity index (χ4n) is 1.96. The molecule has 0 aliphatic rings. The SMILES string of the molecule is C=C/C(C(=CC)/C=C\C)=C(\Nc1ccccc1)C(=C)C. The molecule has 1 heteroatoms. The van der Waals surface area contributed by atoms with Crippen LogP contribution in [0.3, 0.4) is 0 Å². The lowest BCUT2D eigenvalue weighted by Gasteiger charge is -2.16. The van der Waals surface area contributed by atoms with E-state index < -0.39 is 0 Å². The van der Waals surface area contributed by atoms with Crippen LogP contribution < -0.4 is 5.32 Å². The maximum absolute atomic E-state index is 4.08. The van der Waals surface area contributed by atoms with Gasteiger partial charge >= 0.3 is 0 Å². The molecule has 0 unspecified atom stereocenters. The minimum absolute atomic E-state index is 0.979. The summed E-state index contributed by atoms with van der Waals surface area (Å²) in [6.07, 6.45) is 8.05. The van der Waals surface area contributed by atoms with Gasteiger partial charge in [0.05, 0.1) is 0 Å². The first kappa shape index (κ1) is 15.8. The molecule has 1 aromatic carbocycles. The van der Waals surface area contributed by atoms with Crippen LogP contribution in [0.5, 0.6) is 0 Å². The standard InChI is InChI=1S/C19H23N/c1-6-12-16(7-2)18(8-3)19(15(4)5)20-17-13-10-9-11-14-17/h6-14,20H,3-4H2,1-2,5H3/b12-6-,16-7?,19-18+. The summed E-state index contributed by atoms with van der Waals surface area (Å²) in [5.41, 5.74) is 5.21. The molecular formula is C19H23N. The third-order valence-corrected chi connectivity index (χ3v) is 2.91. The molecule has 0 fully saturated rings. The summed E-state index contributed by atoms with van der Waals surface area (Å²) in [5.74, 6) is 0. The minimum Gasteiger partial charge on any atom is -0.355 e. The van der Waals surface area contributed by atoms with Crippen molar-refractivity contribution >= 4 is 5.69 Å². The number of para-hydroxylation sites is 1. The van der Waals surface area contributed by atoms with E-state index in [2.05, 4.69) is 30.6 Å². The molecule has 1 aromatic rings. The van der Waals surface area contributed by atoms with E-state index in [0.717, 1.165) is 28.1 Å². The maximum atomic E-state index is 4.08. The Morgan fingerprint density at radius 2 is 1.80 bits per heavy atom. The van der Waals surface area contributed by atoms with Crippen LogP contribution in [-0.4, -0.2) is 0 Å². The van der Waals surface area contributed by atoms with Crippen LogP contribution in [0.15, 0.2) is 90.2 Å². The van der Waals surface area contributed by atoms with E-state index in [1.165, 1.54) is 0 Å². The van der Waals surface area contributed by atoms with Crippen molar-refractivity contribution in [3.8, 4) is 0 Å². The highest BCUT2D eigenvalue weighted by atomic mass is 14.9. The number of hydrogen-bond acceptors (Lipinski definition) is 1. The molecule has 104 valence electrons. The van der Waals surface area contributed by atoms with Crippen LogP contribution >= 0.6 is 0 Å². The molecule has 0 aliphatic carbocycles. The number of benzene rings is 1. The van der Waals surface area contributed by atoms with Crippen molar-refractivity contribution in [3.63, 3.8) is 0 Å². The molecule has 0 aromatic heterocycles. The number of anilines is 1. The van der Waals surface area contributed by atoms with Gasteiger partial charge < -0.3 is 5.32 Å². The molecule has 0 spiro atoms. The highest BCUT2D eigenvalue weighted by Crippen LogP contribution is 2.24. The van der Waals surface area contributed by atoms with Crippen molar-refractivity contribution in [1.82, 2.24) is 0 Å². The zero-order chi connectivity index (χ0) is 15.0. The summed E-state index contributed by atoms with van der Waals surface area (Å²) in [5, 5.41) is 3.44. The summed E-state index contributed by atoms with van der Waals surface area (Å²) >= 11 is 0. The summed E-state index contributed by atoms with van der Waals surface area (Å²) < 4.78 is 0. The predicted molar refractivity (Wildman–Crippen MR) is 90.7 cm³/mol. The van der Waals surface area contributed by atoms with Crippen molar-refractivity contribution in [1.29, 1.82) is 0 Å². The molecule has 1 rings (SSSR count). The first-order valence-corrected chi connectivity index (χ1v) is 6.78. The second-order valence-electron chi connectivity index (χ2n) is 4.51. The molecule has 1 nitrogen and oxygen atoms in total. The Morgan fingerprint density at radius 1 is 1.15 bits per heavy atom. The second kappa shape index (κ2) is 8.00. The lowest BCUT2D eigenvalue weighted by molar-refractivity contribution is 1.30. The third kappa shape index (κ3) is 4.13. The van der Waals surface area contributed by atoms with Gasteiger partial charge in [-0.1, -0.05) is 55.7 Å². The van der Waals surface area contributed by atoms with E-state index in [4.69, 9.17) is 0 Å². The summed E-state index contributed by atoms with van der Waals surface area (Å²) in [7, 11) is 0. The van der Waals surface area contributed by atoms with Crippen molar-refractivity contribution in [2.45, 2.75) is 20.8 Å². The number of rotatable bonds is 6. The molecule has 0 aliphatic heterocycles. The number of allylic oxidation sites excluding steroid dienone is 7. The average molecular weight is 265 g/mol. The maximum Gasteiger partial charge on any atom is 0.0487 e. The van der Waals surface area contributed by atoms with Gasteiger partial charge in [-0.2, -0.15) is 0 Å². The molecule has 0 heterocycles. The monoisotopic (exact) mass is 265 g/mol. The smallest absolute Gasteiger partial charge is 0.0487 e. The van der Waals surface area contributed by atoms with Gasteiger partial charge in [-0.15, -0.1) is 0 Å². The van der Waals surface area contributed by atoms with Crippen molar-refractivity contribution in [2.75, 3.05) is 5.32 Å². The molecular weight excluding hydrogens is 242 g/mol. The normalized spacial score (nSPS) is 13.1. The van der Waals surface area contributed by atoms with Crippen LogP contribution in [0.25, 0.3) is 0 Å². The van der Waals surface area contributed by atoms with E-state index in [0.29, 0.717) is 0 Å². The van der Waals surface area contributed by atoms with Crippen LogP contribution in [0.1, 0.15) is 20.8 Å². The van der Waals surface area contributed by atoms with Gasteiger partial charge in [0.2, 0.25) is 0 Å². The van der Waals surface area contributed by atoms with E-state index in [1.807, 2.05) is 63.3 Å². The number of nitrogens with one attached hydrogen (secondary N) is 1. The van der Waals surface area contributed by atoms with Crippen LogP contribution in [0, 0.1) is 0 Å². The van der Waals surface area contributed by atoms with Crippen molar-refractivity contribution < 1.29 is 0 Å². The zero-order valence-electron chi connectivity index (χ0n) is 12.6. The molecule has 0 atom stereocenters. The Kier molecular flexibility index (Phi) is 6.31. The molecule has 0 radical (unpaired) electrons. The van der Waals surface area contributed by atoms with Gasteiger partial charge in [-0.05, 0) is 44.1 Å². The molecule has 0 bridgehead atoms. The van der Waals surface area contributed by atoms with Crippen LogP contribution in [0.4, 0.5) is 5.69 Å². The van der Waals surface area contributed by atoms with E-state index in [9.17, 15) is 0 Å². The van der Waals surface area contributed by atoms with Gasteiger partial charge in [-0.3, -0.25) is 0 Å². The largest absolute Gasteiger partial charge is 0.355 e. The van der Waals surface area contributed by atoms with Crippen LogP contribution in [-0.2, 0) is 0 Å². The van der Waals surface area contributed by atoms with Crippen LogP contribution in [0.2, 0.25) is 0 Å². The summed E-state index contributed by atoms with van der Waals surface area (Å²) in [4.78, 5) is 0. The molecule has 1 N–H and O–H groups in total. The predicted octanol–water partition coefficient (Wildman–Crippen LogP) is 5.64. The van der Waals surface area contributed by atoms with E-state index in [1.54, 1.807) is 0 Å². The molecule has 0 saturated heterocycles. The molecule has 20 heavy (non-hydrogen) atoms. The lowest BCUT2D eigenvalue weighted by atomic mass is 9.99. The molecule has 0 amide bonds. The molecule has 0 saturated carbocycles. The van der Waals surface area contributed by atoms with E-state index in [-0.39, 0.29) is 0 Å². The Balaban J connectivity index is 3.30. The van der Waals surface area contributed by atoms with Gasteiger partial charge in [0, 0.05) is 17.0 Å². The van der Waals surface area contributed by atoms with Gasteiger partial charge in [-0.25, -0.2) is 0 Å². The summed E-state index contributed by atoms with van der Waals surface area (Å²) in [6, 6.07) is 10.1. The van der Waals surface area contributed by atoms with Gasteiger partial charge in [0.15, 0.2) is 0 Å². The first-order valence-electron chi connectivity index (χ1n) is 6.78. The Labute approximate surface area is 122 Å². The quantitative estimate of drug-likeness (QED) is 0.656. The minimum atomic E-state index is 0.979.